The van der Waals surface area contributed by atoms with Gasteiger partial charge in [0.1, 0.15) is 0 Å². The van der Waals surface area contributed by atoms with E-state index in [2.05, 4.69) is 19.2 Å². The van der Waals surface area contributed by atoms with Crippen LogP contribution in [-0.2, 0) is 58.6 Å². The first kappa shape index (κ1) is 17.1. The molecule has 1 aromatic rings. The summed E-state index contributed by atoms with van der Waals surface area (Å²) in [7, 11) is 0. The third-order valence-corrected chi connectivity index (χ3v) is 2.50. The summed E-state index contributed by atoms with van der Waals surface area (Å²) in [5.74, 6) is -0.0466. The van der Waals surface area contributed by atoms with Gasteiger partial charge in [-0.25, -0.2) is 12.5 Å². The van der Waals surface area contributed by atoms with E-state index in [0.717, 1.165) is 29.7 Å². The van der Waals surface area contributed by atoms with Crippen LogP contribution in [0.4, 0.5) is 5.69 Å². The molecule has 0 bridgehead atoms. The fraction of sp³-hybridized carbons (Fsp3) is 0.154. The molecule has 4 heteroatoms. The van der Waals surface area contributed by atoms with Crippen LogP contribution in [0, 0.1) is 13.8 Å². The molecule has 2 nitrogen and oxygen atoms in total. The first-order valence-electron chi connectivity index (χ1n) is 4.99. The molecule has 0 saturated heterocycles. The van der Waals surface area contributed by atoms with E-state index in [4.69, 9.17) is 0 Å². The second-order valence-corrected chi connectivity index (χ2v) is 3.58. The van der Waals surface area contributed by atoms with Gasteiger partial charge in [-0.1, -0.05) is 35.8 Å². The van der Waals surface area contributed by atoms with Crippen molar-refractivity contribution in [1.82, 2.24) is 0 Å². The zero-order valence-corrected chi connectivity index (χ0v) is 15.3. The standard InChI is InChI=1S/C13H13NO.W.Y/c1-3-6-9(2)12-10-7-4-5-8-11(10)14-13(12)15;;/h4-5,7-8H,1-3,6H2,(H,14,15);;/q-2;;/b12-9-;;. The number of benzene rings is 1. The number of hydrogen-bond acceptors (Lipinski definition) is 1. The van der Waals surface area contributed by atoms with Crippen molar-refractivity contribution < 1.29 is 58.6 Å². The molecule has 1 amide bonds. The van der Waals surface area contributed by atoms with Gasteiger partial charge in [-0.3, -0.25) is 4.79 Å². The number of carbonyl (C=O) groups is 1. The molecule has 0 aromatic heterocycles. The summed E-state index contributed by atoms with van der Waals surface area (Å²) >= 11 is 0. The Morgan fingerprint density at radius 1 is 1.29 bits per heavy atom. The maximum absolute atomic E-state index is 11.7. The third kappa shape index (κ3) is 3.53. The fourth-order valence-electron chi connectivity index (χ4n) is 1.81. The van der Waals surface area contributed by atoms with E-state index in [1.54, 1.807) is 0 Å². The third-order valence-electron chi connectivity index (χ3n) is 2.50. The molecule has 0 aliphatic carbocycles. The van der Waals surface area contributed by atoms with E-state index in [1.807, 2.05) is 24.3 Å². The second-order valence-electron chi connectivity index (χ2n) is 3.58. The second kappa shape index (κ2) is 7.51. The van der Waals surface area contributed by atoms with Crippen molar-refractivity contribution in [2.45, 2.75) is 12.8 Å². The Hall–Kier alpha value is 0.0922. The van der Waals surface area contributed by atoms with Crippen molar-refractivity contribution >= 4 is 17.2 Å². The van der Waals surface area contributed by atoms with Crippen LogP contribution in [0.5, 0.6) is 0 Å². The topological polar surface area (TPSA) is 29.1 Å². The normalized spacial score (nSPS) is 15.2. The number of nitrogens with one attached hydrogen (secondary N) is 1. The summed E-state index contributed by atoms with van der Waals surface area (Å²) in [6.07, 6.45) is 1.52. The van der Waals surface area contributed by atoms with Gasteiger partial charge in [0.2, 0.25) is 0 Å². The van der Waals surface area contributed by atoms with Gasteiger partial charge in [-0.15, -0.1) is 0 Å². The average Bonchev–Trinajstić information content (AvgIpc) is 2.54. The van der Waals surface area contributed by atoms with Gasteiger partial charge in [-0.2, -0.15) is 6.42 Å². The van der Waals surface area contributed by atoms with Crippen molar-refractivity contribution in [1.29, 1.82) is 0 Å². The molecular weight excluding hydrogens is 459 g/mol. The Kier molecular flexibility index (Phi) is 7.55. The van der Waals surface area contributed by atoms with Crippen LogP contribution in [0.1, 0.15) is 18.4 Å². The summed E-state index contributed by atoms with van der Waals surface area (Å²) < 4.78 is 0. The molecule has 1 aliphatic rings. The molecule has 0 atom stereocenters. The fourth-order valence-corrected chi connectivity index (χ4v) is 1.81. The van der Waals surface area contributed by atoms with E-state index in [-0.39, 0.29) is 59.7 Å². The Bertz CT molecular complexity index is 443. The number of allylic oxidation sites excluding steroid dienone is 1. The predicted octanol–water partition coefficient (Wildman–Crippen LogP) is 2.84. The number of anilines is 1. The molecule has 2 rings (SSSR count). The first-order valence-corrected chi connectivity index (χ1v) is 4.99. The molecule has 1 N–H and O–H groups in total. The maximum atomic E-state index is 11.7. The molecular formula is C13H13NOWY-2. The predicted molar refractivity (Wildman–Crippen MR) is 61.9 cm³/mol. The van der Waals surface area contributed by atoms with Crippen LogP contribution in [-0.4, -0.2) is 5.91 Å². The van der Waals surface area contributed by atoms with Crippen LogP contribution < -0.4 is 5.32 Å². The minimum atomic E-state index is -0.0466. The summed E-state index contributed by atoms with van der Waals surface area (Å²) in [4.78, 5) is 11.7. The van der Waals surface area contributed by atoms with E-state index in [0.29, 0.717) is 5.57 Å². The van der Waals surface area contributed by atoms with Crippen LogP contribution in [0.3, 0.4) is 0 Å². The number of amides is 1. The van der Waals surface area contributed by atoms with E-state index in [1.165, 1.54) is 0 Å². The Balaban J connectivity index is 0.00000128. The summed E-state index contributed by atoms with van der Waals surface area (Å²) in [5, 5.41) is 2.83. The molecule has 0 spiro atoms. The Morgan fingerprint density at radius 2 is 1.94 bits per heavy atom. The van der Waals surface area contributed by atoms with Crippen LogP contribution in [0.25, 0.3) is 5.57 Å². The monoisotopic (exact) mass is 472 g/mol. The van der Waals surface area contributed by atoms with Gasteiger partial charge < -0.3 is 12.2 Å². The van der Waals surface area contributed by atoms with Gasteiger partial charge in [0.05, 0.1) is 0 Å². The van der Waals surface area contributed by atoms with Crippen molar-refractivity contribution in [3.63, 3.8) is 0 Å². The van der Waals surface area contributed by atoms with Crippen LogP contribution in [0.15, 0.2) is 29.8 Å². The van der Waals surface area contributed by atoms with Crippen LogP contribution >= 0.6 is 0 Å². The van der Waals surface area contributed by atoms with Crippen molar-refractivity contribution in [3.05, 3.63) is 49.2 Å². The number of hydrogen-bond donors (Lipinski definition) is 1. The van der Waals surface area contributed by atoms with E-state index < -0.39 is 0 Å². The van der Waals surface area contributed by atoms with E-state index in [9.17, 15) is 4.79 Å². The molecule has 0 unspecified atom stereocenters. The summed E-state index contributed by atoms with van der Waals surface area (Å²) in [5.41, 5.74) is 3.42. The Labute approximate surface area is 142 Å². The first-order chi connectivity index (χ1) is 7.24. The molecule has 87 valence electrons. The zero-order valence-electron chi connectivity index (χ0n) is 9.53. The largest absolute Gasteiger partial charge is 0.343 e. The Morgan fingerprint density at radius 3 is 2.59 bits per heavy atom. The van der Waals surface area contributed by atoms with Gasteiger partial charge in [0.25, 0.3) is 0 Å². The minimum Gasteiger partial charge on any atom is -0.343 e. The van der Waals surface area contributed by atoms with Gasteiger partial charge in [0.15, 0.2) is 5.91 Å². The van der Waals surface area contributed by atoms with Gasteiger partial charge >= 0.3 is 0 Å². The number of fused-ring (bicyclic) bond motifs is 1. The smallest absolute Gasteiger partial charge is 0.174 e. The van der Waals surface area contributed by atoms with Gasteiger partial charge in [0, 0.05) is 59.5 Å². The zero-order chi connectivity index (χ0) is 10.8. The quantitative estimate of drug-likeness (QED) is 0.521. The maximum Gasteiger partial charge on any atom is 0.174 e. The summed E-state index contributed by atoms with van der Waals surface area (Å²) in [6.45, 7) is 7.71. The van der Waals surface area contributed by atoms with Crippen molar-refractivity contribution in [3.8, 4) is 0 Å². The van der Waals surface area contributed by atoms with Crippen molar-refractivity contribution in [2.75, 3.05) is 5.32 Å². The number of rotatable bonds is 2. The molecule has 17 heavy (non-hydrogen) atoms. The molecule has 1 heterocycles. The van der Waals surface area contributed by atoms with Crippen LogP contribution in [0.2, 0.25) is 0 Å². The number of para-hydroxylation sites is 1. The molecule has 1 radical (unpaired) electrons. The van der Waals surface area contributed by atoms with Gasteiger partial charge in [-0.05, 0) is 6.07 Å². The molecule has 1 aromatic carbocycles. The molecule has 0 fully saturated rings. The van der Waals surface area contributed by atoms with E-state index >= 15 is 0 Å². The minimum absolute atomic E-state index is 0. The SMILES string of the molecule is [CH2-]CC/C([CH2-])=C1\C(=O)Nc2ccccc21.[W].[Y]. The van der Waals surface area contributed by atoms with Crippen molar-refractivity contribution in [2.24, 2.45) is 0 Å². The molecule has 0 saturated carbocycles. The number of carbonyl (C=O) groups excluding carboxylic acids is 1. The average molecular weight is 472 g/mol. The summed E-state index contributed by atoms with van der Waals surface area (Å²) in [6, 6.07) is 7.68. The molecule has 1 aliphatic heterocycles.